The monoisotopic (exact) mass is 231 g/mol. The van der Waals surface area contributed by atoms with Gasteiger partial charge in [-0.3, -0.25) is 0 Å². The van der Waals surface area contributed by atoms with Crippen molar-refractivity contribution < 1.29 is 0 Å². The summed E-state index contributed by atoms with van der Waals surface area (Å²) in [6, 6.07) is 3.69. The molecule has 2 heterocycles. The lowest BCUT2D eigenvalue weighted by Crippen LogP contribution is -2.20. The fourth-order valence-corrected chi connectivity index (χ4v) is 2.15. The zero-order valence-electron chi connectivity index (χ0n) is 9.98. The Kier molecular flexibility index (Phi) is 3.45. The molecule has 1 aromatic heterocycles. The largest absolute Gasteiger partial charge is 0.395 e. The van der Waals surface area contributed by atoms with Crippen LogP contribution in [0.4, 0.5) is 11.5 Å². The summed E-state index contributed by atoms with van der Waals surface area (Å²) in [6.45, 7) is 3.11. The van der Waals surface area contributed by atoms with E-state index in [4.69, 9.17) is 11.0 Å². The first-order chi connectivity index (χ1) is 8.20. The quantitative estimate of drug-likeness (QED) is 0.808. The number of nitrogen functional groups attached to an aromatic ring is 1. The predicted octanol–water partition coefficient (Wildman–Crippen LogP) is 0.899. The lowest BCUT2D eigenvalue weighted by Gasteiger charge is -2.13. The van der Waals surface area contributed by atoms with Crippen molar-refractivity contribution in [2.45, 2.75) is 6.42 Å². The van der Waals surface area contributed by atoms with Gasteiger partial charge in [0.2, 0.25) is 0 Å². The summed E-state index contributed by atoms with van der Waals surface area (Å²) in [4.78, 5) is 6.48. The second-order valence-electron chi connectivity index (χ2n) is 4.53. The Labute approximate surface area is 101 Å². The van der Waals surface area contributed by atoms with Crippen LogP contribution in [0.25, 0.3) is 0 Å². The number of rotatable bonds is 3. The summed E-state index contributed by atoms with van der Waals surface area (Å²) in [5.74, 6) is 1.26. The minimum Gasteiger partial charge on any atom is -0.395 e. The van der Waals surface area contributed by atoms with E-state index < -0.39 is 0 Å². The number of likely N-dealkylation sites (tertiary alicyclic amines) is 1. The van der Waals surface area contributed by atoms with Crippen molar-refractivity contribution in [3.63, 3.8) is 0 Å². The Morgan fingerprint density at radius 1 is 1.71 bits per heavy atom. The molecule has 0 amide bonds. The molecule has 5 nitrogen and oxygen atoms in total. The smallest absolute Gasteiger partial charge is 0.150 e. The third-order valence-corrected chi connectivity index (χ3v) is 3.16. The van der Waals surface area contributed by atoms with Gasteiger partial charge in [-0.2, -0.15) is 5.26 Å². The molecule has 1 fully saturated rings. The zero-order chi connectivity index (χ0) is 12.3. The maximum atomic E-state index is 8.87. The van der Waals surface area contributed by atoms with Gasteiger partial charge in [0.1, 0.15) is 6.07 Å². The maximum absolute atomic E-state index is 8.87. The van der Waals surface area contributed by atoms with Crippen LogP contribution in [0.1, 0.15) is 12.0 Å². The fourth-order valence-electron chi connectivity index (χ4n) is 2.15. The van der Waals surface area contributed by atoms with Gasteiger partial charge in [0.15, 0.2) is 5.82 Å². The molecule has 90 valence electrons. The lowest BCUT2D eigenvalue weighted by molar-refractivity contribution is 0.399. The third-order valence-electron chi connectivity index (χ3n) is 3.16. The van der Waals surface area contributed by atoms with Crippen LogP contribution in [0.5, 0.6) is 0 Å². The molecule has 1 atom stereocenters. The van der Waals surface area contributed by atoms with Crippen molar-refractivity contribution in [1.82, 2.24) is 9.88 Å². The molecule has 0 radical (unpaired) electrons. The number of pyridine rings is 1. The van der Waals surface area contributed by atoms with Crippen LogP contribution in [0, 0.1) is 17.2 Å². The minimum absolute atomic E-state index is 0.446. The number of nitrogens with zero attached hydrogens (tertiary/aromatic N) is 3. The average Bonchev–Trinajstić information content (AvgIpc) is 2.74. The van der Waals surface area contributed by atoms with Gasteiger partial charge in [0, 0.05) is 19.3 Å². The molecule has 0 saturated carbocycles. The first kappa shape index (κ1) is 11.7. The summed E-state index contributed by atoms with van der Waals surface area (Å²) in [7, 11) is 2.13. The molecular weight excluding hydrogens is 214 g/mol. The fraction of sp³-hybridized carbons (Fsp3) is 0.500. The number of hydrogen-bond donors (Lipinski definition) is 2. The first-order valence-electron chi connectivity index (χ1n) is 5.77. The summed E-state index contributed by atoms with van der Waals surface area (Å²) < 4.78 is 0. The van der Waals surface area contributed by atoms with E-state index in [2.05, 4.69) is 28.3 Å². The number of nitrogens with two attached hydrogens (primary N) is 1. The van der Waals surface area contributed by atoms with E-state index in [0.29, 0.717) is 23.0 Å². The Bertz CT molecular complexity index is 437. The van der Waals surface area contributed by atoms with Crippen molar-refractivity contribution in [2.75, 3.05) is 37.7 Å². The van der Waals surface area contributed by atoms with E-state index >= 15 is 0 Å². The molecule has 1 aliphatic rings. The molecule has 17 heavy (non-hydrogen) atoms. The molecule has 1 unspecified atom stereocenters. The van der Waals surface area contributed by atoms with E-state index in [1.807, 2.05) is 0 Å². The molecule has 0 bridgehead atoms. The maximum Gasteiger partial charge on any atom is 0.150 e. The summed E-state index contributed by atoms with van der Waals surface area (Å²) in [5, 5.41) is 12.1. The second-order valence-corrected chi connectivity index (χ2v) is 4.53. The zero-order valence-corrected chi connectivity index (χ0v) is 9.98. The van der Waals surface area contributed by atoms with Gasteiger partial charge in [0.05, 0.1) is 11.3 Å². The van der Waals surface area contributed by atoms with Crippen LogP contribution in [0.3, 0.4) is 0 Å². The van der Waals surface area contributed by atoms with Crippen molar-refractivity contribution in [2.24, 2.45) is 5.92 Å². The highest BCUT2D eigenvalue weighted by atomic mass is 15.1. The summed E-state index contributed by atoms with van der Waals surface area (Å²) in [5.41, 5.74) is 6.77. The number of nitrogens with one attached hydrogen (secondary N) is 1. The van der Waals surface area contributed by atoms with Gasteiger partial charge in [-0.25, -0.2) is 4.98 Å². The molecule has 1 saturated heterocycles. The minimum atomic E-state index is 0.446. The van der Waals surface area contributed by atoms with E-state index in [9.17, 15) is 0 Å². The molecule has 5 heteroatoms. The van der Waals surface area contributed by atoms with Gasteiger partial charge >= 0.3 is 0 Å². The molecule has 1 aliphatic heterocycles. The topological polar surface area (TPSA) is 78.0 Å². The van der Waals surface area contributed by atoms with Crippen LogP contribution in [0.2, 0.25) is 0 Å². The summed E-state index contributed by atoms with van der Waals surface area (Å²) in [6.07, 6.45) is 2.80. The van der Waals surface area contributed by atoms with Crippen molar-refractivity contribution in [3.8, 4) is 6.07 Å². The molecule has 3 N–H and O–H groups in total. The second kappa shape index (κ2) is 5.02. The van der Waals surface area contributed by atoms with Crippen LogP contribution in [-0.4, -0.2) is 36.6 Å². The highest BCUT2D eigenvalue weighted by Gasteiger charge is 2.19. The first-order valence-corrected chi connectivity index (χ1v) is 5.77. The van der Waals surface area contributed by atoms with Crippen molar-refractivity contribution in [3.05, 3.63) is 17.8 Å². The van der Waals surface area contributed by atoms with Crippen molar-refractivity contribution >= 4 is 11.5 Å². The van der Waals surface area contributed by atoms with Gasteiger partial charge in [0.25, 0.3) is 0 Å². The van der Waals surface area contributed by atoms with Gasteiger partial charge in [-0.05, 0) is 32.0 Å². The lowest BCUT2D eigenvalue weighted by atomic mass is 10.1. The van der Waals surface area contributed by atoms with Crippen LogP contribution in [0.15, 0.2) is 12.3 Å². The molecule has 0 aromatic carbocycles. The van der Waals surface area contributed by atoms with E-state index in [1.54, 1.807) is 12.3 Å². The number of anilines is 2. The average molecular weight is 231 g/mol. The van der Waals surface area contributed by atoms with Crippen LogP contribution >= 0.6 is 0 Å². The Morgan fingerprint density at radius 2 is 2.53 bits per heavy atom. The molecular formula is C12H17N5. The standard InChI is InChI=1S/C12H17N5/c1-17-5-3-9(8-17)7-16-12-11(14)10(6-13)2-4-15-12/h2,4,9H,3,5,7-8,14H2,1H3,(H,15,16). The van der Waals surface area contributed by atoms with Gasteiger partial charge in [-0.15, -0.1) is 0 Å². The Morgan fingerprint density at radius 3 is 3.18 bits per heavy atom. The molecule has 1 aromatic rings. The van der Waals surface area contributed by atoms with E-state index in [-0.39, 0.29) is 0 Å². The molecule has 2 rings (SSSR count). The predicted molar refractivity (Wildman–Crippen MR) is 67.5 cm³/mol. The van der Waals surface area contributed by atoms with E-state index in [0.717, 1.165) is 19.6 Å². The summed E-state index contributed by atoms with van der Waals surface area (Å²) >= 11 is 0. The van der Waals surface area contributed by atoms with Gasteiger partial charge < -0.3 is 16.0 Å². The highest BCUT2D eigenvalue weighted by molar-refractivity contribution is 5.68. The molecule has 0 aliphatic carbocycles. The Hall–Kier alpha value is -1.80. The molecule has 0 spiro atoms. The number of nitriles is 1. The van der Waals surface area contributed by atoms with Gasteiger partial charge in [-0.1, -0.05) is 0 Å². The highest BCUT2D eigenvalue weighted by Crippen LogP contribution is 2.21. The normalized spacial score (nSPS) is 20.1. The third kappa shape index (κ3) is 2.66. The number of hydrogen-bond acceptors (Lipinski definition) is 5. The SMILES string of the molecule is CN1CCC(CNc2nccc(C#N)c2N)C1. The Balaban J connectivity index is 1.98. The number of aromatic nitrogens is 1. The van der Waals surface area contributed by atoms with Crippen molar-refractivity contribution in [1.29, 1.82) is 5.26 Å². The van der Waals surface area contributed by atoms with Crippen LogP contribution in [-0.2, 0) is 0 Å². The van der Waals surface area contributed by atoms with Crippen LogP contribution < -0.4 is 11.1 Å². The van der Waals surface area contributed by atoms with E-state index in [1.165, 1.54) is 6.42 Å².